The van der Waals surface area contributed by atoms with E-state index in [1.165, 1.54) is 5.52 Å². The summed E-state index contributed by atoms with van der Waals surface area (Å²) in [6.07, 6.45) is 0. The van der Waals surface area contributed by atoms with E-state index < -0.39 is 0 Å². The van der Waals surface area contributed by atoms with Crippen LogP contribution < -0.4 is 5.32 Å². The van der Waals surface area contributed by atoms with Crippen LogP contribution in [0.5, 0.6) is 0 Å². The summed E-state index contributed by atoms with van der Waals surface area (Å²) >= 11 is 0. The summed E-state index contributed by atoms with van der Waals surface area (Å²) < 4.78 is 7.79. The van der Waals surface area contributed by atoms with E-state index in [-0.39, 0.29) is 6.04 Å². The van der Waals surface area contributed by atoms with Crippen molar-refractivity contribution in [3.05, 3.63) is 30.1 Å². The van der Waals surface area contributed by atoms with Gasteiger partial charge in [0.25, 0.3) is 0 Å². The highest BCUT2D eigenvalue weighted by molar-refractivity contribution is 5.76. The lowest BCUT2D eigenvalue weighted by atomic mass is 10.2. The number of nitrogens with one attached hydrogen (secondary N) is 1. The Morgan fingerprint density at radius 2 is 1.83 bits per heavy atom. The van der Waals surface area contributed by atoms with Crippen LogP contribution in [0.3, 0.4) is 0 Å². The molecule has 2 atom stereocenters. The van der Waals surface area contributed by atoms with Gasteiger partial charge in [0, 0.05) is 31.7 Å². The molecule has 1 aliphatic rings. The lowest BCUT2D eigenvalue weighted by molar-refractivity contribution is 0.0338. The van der Waals surface area contributed by atoms with E-state index in [9.17, 15) is 0 Å². The fourth-order valence-corrected chi connectivity index (χ4v) is 3.64. The van der Waals surface area contributed by atoms with Gasteiger partial charge >= 0.3 is 0 Å². The molecule has 1 saturated heterocycles. The van der Waals surface area contributed by atoms with Crippen LogP contribution in [0.25, 0.3) is 11.0 Å². The number of benzene rings is 1. The van der Waals surface area contributed by atoms with Crippen LogP contribution in [0.4, 0.5) is 0 Å². The Bertz CT molecular complexity index is 660. The fraction of sp³-hybridized carbons (Fsp3) is 0.632. The van der Waals surface area contributed by atoms with E-state index >= 15 is 0 Å². The first-order chi connectivity index (χ1) is 11.6. The highest BCUT2D eigenvalue weighted by atomic mass is 16.5. The van der Waals surface area contributed by atoms with E-state index in [4.69, 9.17) is 9.72 Å². The lowest BCUT2D eigenvalue weighted by Crippen LogP contribution is -2.45. The number of ether oxygens (including phenoxy) is 1. The van der Waals surface area contributed by atoms with E-state index in [1.807, 2.05) is 0 Å². The third-order valence-corrected chi connectivity index (χ3v) is 4.70. The number of aromatic nitrogens is 2. The molecule has 0 bridgehead atoms. The summed E-state index contributed by atoms with van der Waals surface area (Å²) in [7, 11) is 0. The molecule has 5 heteroatoms. The lowest BCUT2D eigenvalue weighted by Gasteiger charge is -2.30. The molecule has 0 saturated carbocycles. The third-order valence-electron chi connectivity index (χ3n) is 4.70. The summed E-state index contributed by atoms with van der Waals surface area (Å²) in [5, 5.41) is 3.73. The Kier molecular flexibility index (Phi) is 5.54. The number of rotatable bonds is 6. The number of hydrogen-bond donors (Lipinski definition) is 1. The van der Waals surface area contributed by atoms with Crippen molar-refractivity contribution in [2.45, 2.75) is 45.8 Å². The zero-order valence-corrected chi connectivity index (χ0v) is 15.3. The number of nitrogens with zero attached hydrogens (tertiary/aromatic N) is 3. The fourth-order valence-electron chi connectivity index (χ4n) is 3.64. The molecule has 2 heterocycles. The van der Waals surface area contributed by atoms with Gasteiger partial charge in [0.05, 0.1) is 30.3 Å². The number of morpholine rings is 1. The van der Waals surface area contributed by atoms with Crippen molar-refractivity contribution >= 4 is 11.0 Å². The van der Waals surface area contributed by atoms with E-state index in [1.54, 1.807) is 0 Å². The van der Waals surface area contributed by atoms with Crippen molar-refractivity contribution in [3.63, 3.8) is 0 Å². The topological polar surface area (TPSA) is 42.3 Å². The van der Waals surface area contributed by atoms with Gasteiger partial charge in [-0.05, 0) is 39.8 Å². The molecular formula is C19H30N4O. The molecule has 1 aromatic carbocycles. The van der Waals surface area contributed by atoms with Crippen LogP contribution in [-0.4, -0.2) is 53.3 Å². The molecule has 1 aromatic heterocycles. The first-order valence-corrected chi connectivity index (χ1v) is 9.09. The maximum absolute atomic E-state index is 5.43. The molecule has 5 nitrogen and oxygen atoms in total. The molecule has 1 fully saturated rings. The van der Waals surface area contributed by atoms with Gasteiger partial charge in [-0.25, -0.2) is 4.98 Å². The quantitative estimate of drug-likeness (QED) is 0.884. The Morgan fingerprint density at radius 1 is 1.12 bits per heavy atom. The van der Waals surface area contributed by atoms with Crippen LogP contribution in [-0.2, 0) is 4.74 Å². The Hall–Kier alpha value is -1.43. The summed E-state index contributed by atoms with van der Waals surface area (Å²) in [5.41, 5.74) is 2.30. The number of hydrogen-bond acceptors (Lipinski definition) is 4. The van der Waals surface area contributed by atoms with Crippen LogP contribution in [0.1, 0.15) is 45.6 Å². The minimum atomic E-state index is 0.218. The minimum Gasteiger partial charge on any atom is -0.379 e. The van der Waals surface area contributed by atoms with Crippen LogP contribution >= 0.6 is 0 Å². The highest BCUT2D eigenvalue weighted by Crippen LogP contribution is 2.25. The molecule has 0 radical (unpaired) electrons. The maximum Gasteiger partial charge on any atom is 0.127 e. The van der Waals surface area contributed by atoms with Crippen molar-refractivity contribution in [1.82, 2.24) is 19.8 Å². The molecule has 24 heavy (non-hydrogen) atoms. The average Bonchev–Trinajstić information content (AvgIpc) is 2.95. The van der Waals surface area contributed by atoms with Crippen molar-refractivity contribution in [3.8, 4) is 0 Å². The van der Waals surface area contributed by atoms with Crippen LogP contribution in [0, 0.1) is 0 Å². The van der Waals surface area contributed by atoms with Gasteiger partial charge in [0.15, 0.2) is 0 Å². The third kappa shape index (κ3) is 3.79. The van der Waals surface area contributed by atoms with Crippen LogP contribution in [0.2, 0.25) is 0 Å². The van der Waals surface area contributed by atoms with Crippen LogP contribution in [0.15, 0.2) is 24.3 Å². The summed E-state index contributed by atoms with van der Waals surface area (Å²) in [5.74, 6) is 1.13. The monoisotopic (exact) mass is 330 g/mol. The second-order valence-electron chi connectivity index (χ2n) is 7.12. The molecular weight excluding hydrogens is 300 g/mol. The standard InChI is InChI=1S/C19H30N4O/c1-14(2)23-18-8-6-5-7-17(18)21-19(23)16(4)20-15(3)13-22-9-11-24-12-10-22/h5-8,14-16,20H,9-13H2,1-4H3/t15-,16+/m0/s1. The largest absolute Gasteiger partial charge is 0.379 e. The summed E-state index contributed by atoms with van der Waals surface area (Å²) in [4.78, 5) is 7.37. The highest BCUT2D eigenvalue weighted by Gasteiger charge is 2.21. The minimum absolute atomic E-state index is 0.218. The first-order valence-electron chi connectivity index (χ1n) is 9.09. The van der Waals surface area contributed by atoms with E-state index in [2.05, 4.69) is 66.7 Å². The smallest absolute Gasteiger partial charge is 0.127 e. The number of imidazole rings is 1. The van der Waals surface area contributed by atoms with Gasteiger partial charge in [-0.3, -0.25) is 4.90 Å². The number of fused-ring (bicyclic) bond motifs is 1. The molecule has 0 spiro atoms. The molecule has 3 rings (SSSR count). The SMILES string of the molecule is CC(C)n1c([C@@H](C)N[C@@H](C)CN2CCOCC2)nc2ccccc21. The zero-order valence-electron chi connectivity index (χ0n) is 15.3. The van der Waals surface area contributed by atoms with E-state index in [0.717, 1.165) is 44.2 Å². The van der Waals surface area contributed by atoms with Crippen molar-refractivity contribution in [2.24, 2.45) is 0 Å². The van der Waals surface area contributed by atoms with Gasteiger partial charge in [-0.1, -0.05) is 12.1 Å². The second-order valence-corrected chi connectivity index (χ2v) is 7.12. The molecule has 1 aliphatic heterocycles. The van der Waals surface area contributed by atoms with Crippen molar-refractivity contribution < 1.29 is 4.74 Å². The molecule has 132 valence electrons. The Morgan fingerprint density at radius 3 is 2.54 bits per heavy atom. The summed E-state index contributed by atoms with van der Waals surface area (Å²) in [6, 6.07) is 9.44. The molecule has 0 unspecified atom stereocenters. The molecule has 0 amide bonds. The van der Waals surface area contributed by atoms with E-state index in [0.29, 0.717) is 12.1 Å². The van der Waals surface area contributed by atoms with Gasteiger partial charge < -0.3 is 14.6 Å². The average molecular weight is 330 g/mol. The Balaban J connectivity index is 1.73. The van der Waals surface area contributed by atoms with Gasteiger partial charge in [-0.2, -0.15) is 0 Å². The second kappa shape index (κ2) is 7.64. The zero-order chi connectivity index (χ0) is 17.1. The predicted octanol–water partition coefficient (Wildman–Crippen LogP) is 2.99. The number of para-hydroxylation sites is 2. The maximum atomic E-state index is 5.43. The van der Waals surface area contributed by atoms with Gasteiger partial charge in [-0.15, -0.1) is 0 Å². The Labute approximate surface area is 145 Å². The van der Waals surface area contributed by atoms with Crippen molar-refractivity contribution in [1.29, 1.82) is 0 Å². The first kappa shape index (κ1) is 17.4. The summed E-state index contributed by atoms with van der Waals surface area (Å²) in [6.45, 7) is 13.7. The molecule has 2 aromatic rings. The van der Waals surface area contributed by atoms with Crippen molar-refractivity contribution in [2.75, 3.05) is 32.8 Å². The molecule has 1 N–H and O–H groups in total. The van der Waals surface area contributed by atoms with Gasteiger partial charge in [0.1, 0.15) is 5.82 Å². The normalized spacial score (nSPS) is 19.0. The molecule has 0 aliphatic carbocycles. The van der Waals surface area contributed by atoms with Gasteiger partial charge in [0.2, 0.25) is 0 Å². The predicted molar refractivity (Wildman–Crippen MR) is 98.4 cm³/mol.